The van der Waals surface area contributed by atoms with Crippen LogP contribution >= 0.6 is 0 Å². The maximum atomic E-state index is 5.05. The molecule has 1 N–H and O–H groups in total. The zero-order chi connectivity index (χ0) is 11.6. The maximum absolute atomic E-state index is 5.05. The molecule has 0 bridgehead atoms. The standard InChI is InChI=1S/C13H28N2O/c1-15(10-6-12-16-2)11-9-14-13-7-4-3-5-8-13/h13-14H,3-12H2,1-2H3. The molecule has 1 saturated carbocycles. The van der Waals surface area contributed by atoms with Gasteiger partial charge in [-0.05, 0) is 26.3 Å². The Hall–Kier alpha value is -0.120. The van der Waals surface area contributed by atoms with Gasteiger partial charge in [-0.15, -0.1) is 0 Å². The van der Waals surface area contributed by atoms with Gasteiger partial charge in [-0.3, -0.25) is 0 Å². The highest BCUT2D eigenvalue weighted by molar-refractivity contribution is 4.72. The average Bonchev–Trinajstić information content (AvgIpc) is 2.31. The van der Waals surface area contributed by atoms with Crippen molar-refractivity contribution in [2.24, 2.45) is 0 Å². The molecule has 0 aromatic heterocycles. The van der Waals surface area contributed by atoms with E-state index in [9.17, 15) is 0 Å². The van der Waals surface area contributed by atoms with E-state index >= 15 is 0 Å². The molecule has 0 spiro atoms. The Morgan fingerprint density at radius 2 is 1.94 bits per heavy atom. The zero-order valence-corrected chi connectivity index (χ0v) is 11.0. The van der Waals surface area contributed by atoms with E-state index in [1.165, 1.54) is 32.1 Å². The number of rotatable bonds is 8. The molecule has 0 unspecified atom stereocenters. The predicted molar refractivity (Wildman–Crippen MR) is 68.9 cm³/mol. The molecule has 0 radical (unpaired) electrons. The normalized spacial score (nSPS) is 18.2. The zero-order valence-electron chi connectivity index (χ0n) is 11.0. The molecule has 0 amide bonds. The largest absolute Gasteiger partial charge is 0.385 e. The van der Waals surface area contributed by atoms with Gasteiger partial charge in [-0.2, -0.15) is 0 Å². The van der Waals surface area contributed by atoms with Crippen LogP contribution in [0.25, 0.3) is 0 Å². The van der Waals surface area contributed by atoms with Crippen LogP contribution in [0.2, 0.25) is 0 Å². The van der Waals surface area contributed by atoms with Crippen molar-refractivity contribution in [3.63, 3.8) is 0 Å². The van der Waals surface area contributed by atoms with Crippen molar-refractivity contribution >= 4 is 0 Å². The summed E-state index contributed by atoms with van der Waals surface area (Å²) >= 11 is 0. The molecule has 3 heteroatoms. The molecule has 0 saturated heterocycles. The Labute approximate surface area is 101 Å². The van der Waals surface area contributed by atoms with Gasteiger partial charge < -0.3 is 15.0 Å². The SMILES string of the molecule is COCCCN(C)CCNC1CCCCC1. The van der Waals surface area contributed by atoms with Crippen LogP contribution in [0.4, 0.5) is 0 Å². The number of nitrogens with zero attached hydrogens (tertiary/aromatic N) is 1. The van der Waals surface area contributed by atoms with Crippen LogP contribution in [0, 0.1) is 0 Å². The fourth-order valence-electron chi connectivity index (χ4n) is 2.36. The fraction of sp³-hybridized carbons (Fsp3) is 1.00. The first kappa shape index (κ1) is 13.9. The van der Waals surface area contributed by atoms with Gasteiger partial charge in [0.25, 0.3) is 0 Å². The Kier molecular flexibility index (Phi) is 7.81. The minimum absolute atomic E-state index is 0.793. The minimum Gasteiger partial charge on any atom is -0.385 e. The van der Waals surface area contributed by atoms with Crippen LogP contribution in [-0.2, 0) is 4.74 Å². The molecule has 0 aromatic carbocycles. The van der Waals surface area contributed by atoms with Crippen molar-refractivity contribution in [2.75, 3.05) is 40.4 Å². The van der Waals surface area contributed by atoms with E-state index in [0.29, 0.717) is 0 Å². The van der Waals surface area contributed by atoms with Crippen LogP contribution in [0.15, 0.2) is 0 Å². The van der Waals surface area contributed by atoms with Crippen molar-refractivity contribution in [3.8, 4) is 0 Å². The molecule has 0 atom stereocenters. The quantitative estimate of drug-likeness (QED) is 0.642. The third-order valence-electron chi connectivity index (χ3n) is 3.42. The number of hydrogen-bond acceptors (Lipinski definition) is 3. The Balaban J connectivity index is 1.92. The number of methoxy groups -OCH3 is 1. The molecule has 3 nitrogen and oxygen atoms in total. The summed E-state index contributed by atoms with van der Waals surface area (Å²) in [5.74, 6) is 0. The average molecular weight is 228 g/mol. The summed E-state index contributed by atoms with van der Waals surface area (Å²) in [7, 11) is 3.96. The highest BCUT2D eigenvalue weighted by Crippen LogP contribution is 2.16. The second-order valence-electron chi connectivity index (χ2n) is 4.94. The molecule has 1 rings (SSSR count). The minimum atomic E-state index is 0.793. The van der Waals surface area contributed by atoms with Crippen LogP contribution in [-0.4, -0.2) is 51.3 Å². The third-order valence-corrected chi connectivity index (χ3v) is 3.42. The van der Waals surface area contributed by atoms with Crippen LogP contribution < -0.4 is 5.32 Å². The summed E-state index contributed by atoms with van der Waals surface area (Å²) in [5.41, 5.74) is 0. The van der Waals surface area contributed by atoms with Gasteiger partial charge in [-0.25, -0.2) is 0 Å². The van der Waals surface area contributed by atoms with Gasteiger partial charge >= 0.3 is 0 Å². The summed E-state index contributed by atoms with van der Waals surface area (Å²) in [5, 5.41) is 3.67. The second kappa shape index (κ2) is 8.97. The summed E-state index contributed by atoms with van der Waals surface area (Å²) < 4.78 is 5.05. The molecule has 1 fully saturated rings. The highest BCUT2D eigenvalue weighted by Gasteiger charge is 2.11. The summed E-state index contributed by atoms with van der Waals surface area (Å²) in [6, 6.07) is 0.793. The van der Waals surface area contributed by atoms with Crippen LogP contribution in [0.1, 0.15) is 38.5 Å². The van der Waals surface area contributed by atoms with Crippen LogP contribution in [0.5, 0.6) is 0 Å². The molecule has 16 heavy (non-hydrogen) atoms. The molecular formula is C13H28N2O. The Morgan fingerprint density at radius 3 is 2.62 bits per heavy atom. The molecular weight excluding hydrogens is 200 g/mol. The smallest absolute Gasteiger partial charge is 0.0474 e. The number of nitrogens with one attached hydrogen (secondary N) is 1. The first-order chi connectivity index (χ1) is 7.83. The van der Waals surface area contributed by atoms with Crippen molar-refractivity contribution in [2.45, 2.75) is 44.6 Å². The van der Waals surface area contributed by atoms with Crippen LogP contribution in [0.3, 0.4) is 0 Å². The van der Waals surface area contributed by atoms with Gasteiger partial charge in [0.05, 0.1) is 0 Å². The van der Waals surface area contributed by atoms with Crippen molar-refractivity contribution < 1.29 is 4.74 Å². The molecule has 1 aliphatic carbocycles. The van der Waals surface area contributed by atoms with Gasteiger partial charge in [0.2, 0.25) is 0 Å². The molecule has 0 aliphatic heterocycles. The first-order valence-corrected chi connectivity index (χ1v) is 6.74. The van der Waals surface area contributed by atoms with Gasteiger partial charge in [0.1, 0.15) is 0 Å². The highest BCUT2D eigenvalue weighted by atomic mass is 16.5. The monoisotopic (exact) mass is 228 g/mol. The second-order valence-corrected chi connectivity index (χ2v) is 4.94. The van der Waals surface area contributed by atoms with E-state index in [0.717, 1.165) is 38.7 Å². The Bertz CT molecular complexity index is 158. The Morgan fingerprint density at radius 1 is 1.19 bits per heavy atom. The first-order valence-electron chi connectivity index (χ1n) is 6.74. The van der Waals surface area contributed by atoms with E-state index in [1.807, 2.05) is 0 Å². The van der Waals surface area contributed by atoms with Crippen molar-refractivity contribution in [1.82, 2.24) is 10.2 Å². The van der Waals surface area contributed by atoms with E-state index in [2.05, 4.69) is 17.3 Å². The predicted octanol–water partition coefficient (Wildman–Crippen LogP) is 1.88. The van der Waals surface area contributed by atoms with Crippen molar-refractivity contribution in [3.05, 3.63) is 0 Å². The lowest BCUT2D eigenvalue weighted by molar-refractivity contribution is 0.179. The molecule has 1 aliphatic rings. The lowest BCUT2D eigenvalue weighted by atomic mass is 9.95. The van der Waals surface area contributed by atoms with E-state index in [-0.39, 0.29) is 0 Å². The summed E-state index contributed by atoms with van der Waals surface area (Å²) in [6.07, 6.45) is 8.18. The summed E-state index contributed by atoms with van der Waals surface area (Å²) in [4.78, 5) is 2.38. The van der Waals surface area contributed by atoms with Gasteiger partial charge in [0, 0.05) is 39.4 Å². The van der Waals surface area contributed by atoms with Gasteiger partial charge in [0.15, 0.2) is 0 Å². The molecule has 96 valence electrons. The van der Waals surface area contributed by atoms with Crippen molar-refractivity contribution in [1.29, 1.82) is 0 Å². The summed E-state index contributed by atoms with van der Waals surface area (Å²) in [6.45, 7) is 4.30. The van der Waals surface area contributed by atoms with Gasteiger partial charge in [-0.1, -0.05) is 19.3 Å². The maximum Gasteiger partial charge on any atom is 0.0474 e. The van der Waals surface area contributed by atoms with E-state index in [1.54, 1.807) is 7.11 Å². The van der Waals surface area contributed by atoms with E-state index < -0.39 is 0 Å². The molecule has 0 heterocycles. The third kappa shape index (κ3) is 6.46. The topological polar surface area (TPSA) is 24.5 Å². The molecule has 0 aromatic rings. The lowest BCUT2D eigenvalue weighted by Gasteiger charge is -2.24. The number of hydrogen-bond donors (Lipinski definition) is 1. The number of likely N-dealkylation sites (N-methyl/N-ethyl adjacent to an activating group) is 1. The number of ether oxygens (including phenoxy) is 1. The fourth-order valence-corrected chi connectivity index (χ4v) is 2.36. The van der Waals surface area contributed by atoms with E-state index in [4.69, 9.17) is 4.74 Å². The lowest BCUT2D eigenvalue weighted by Crippen LogP contribution is -2.37.